The molecule has 1 aromatic heterocycles. The van der Waals surface area contributed by atoms with Gasteiger partial charge in [-0.3, -0.25) is 9.59 Å². The molecule has 2 aliphatic rings. The number of fused-ring (bicyclic) bond motifs is 1. The SMILES string of the molecule is Cn1cc(C(=O)N2CCC(Cc3ccccc3)CC2)c(=O)c2cc(S(=O)(=O)N3CCOCC3)ccc21. The van der Waals surface area contributed by atoms with E-state index in [0.29, 0.717) is 37.7 Å². The van der Waals surface area contributed by atoms with Crippen molar-refractivity contribution in [3.63, 3.8) is 0 Å². The number of hydrogen-bond acceptors (Lipinski definition) is 5. The predicted molar refractivity (Wildman–Crippen MR) is 138 cm³/mol. The number of carbonyl (C=O) groups is 1. The number of pyridine rings is 1. The van der Waals surface area contributed by atoms with Gasteiger partial charge in [0, 0.05) is 44.8 Å². The normalized spacial score (nSPS) is 18.0. The van der Waals surface area contributed by atoms with Crippen molar-refractivity contribution in [2.24, 2.45) is 13.0 Å². The number of aromatic nitrogens is 1. The van der Waals surface area contributed by atoms with Crippen LogP contribution in [0.25, 0.3) is 10.9 Å². The number of nitrogens with zero attached hydrogens (tertiary/aromatic N) is 3. The molecule has 2 saturated heterocycles. The molecular formula is C27H31N3O5S. The smallest absolute Gasteiger partial charge is 0.259 e. The third-order valence-corrected chi connectivity index (χ3v) is 9.16. The quantitative estimate of drug-likeness (QED) is 0.528. The van der Waals surface area contributed by atoms with Crippen molar-refractivity contribution in [2.75, 3.05) is 39.4 Å². The Bertz CT molecular complexity index is 1420. The Balaban J connectivity index is 1.38. The Morgan fingerprint density at radius 2 is 1.69 bits per heavy atom. The number of rotatable bonds is 5. The summed E-state index contributed by atoms with van der Waals surface area (Å²) in [7, 11) is -1.99. The Morgan fingerprint density at radius 3 is 2.39 bits per heavy atom. The van der Waals surface area contributed by atoms with Gasteiger partial charge in [0.15, 0.2) is 0 Å². The number of hydrogen-bond donors (Lipinski definition) is 0. The highest BCUT2D eigenvalue weighted by Crippen LogP contribution is 2.24. The second-order valence-electron chi connectivity index (χ2n) is 9.60. The number of likely N-dealkylation sites (tertiary alicyclic amines) is 1. The fraction of sp³-hybridized carbons (Fsp3) is 0.407. The van der Waals surface area contributed by atoms with E-state index in [1.165, 1.54) is 22.0 Å². The van der Waals surface area contributed by atoms with Crippen LogP contribution in [-0.2, 0) is 28.2 Å². The predicted octanol–water partition coefficient (Wildman–Crippen LogP) is 2.65. The fourth-order valence-corrected chi connectivity index (χ4v) is 6.61. The first kappa shape index (κ1) is 24.7. The summed E-state index contributed by atoms with van der Waals surface area (Å²) in [5.74, 6) is 0.209. The summed E-state index contributed by atoms with van der Waals surface area (Å²) < 4.78 is 34.6. The molecule has 3 heterocycles. The lowest BCUT2D eigenvalue weighted by molar-refractivity contribution is 0.0688. The highest BCUT2D eigenvalue weighted by molar-refractivity contribution is 7.89. The number of sulfonamides is 1. The van der Waals surface area contributed by atoms with Crippen molar-refractivity contribution < 1.29 is 17.9 Å². The van der Waals surface area contributed by atoms with Gasteiger partial charge in [-0.2, -0.15) is 4.31 Å². The van der Waals surface area contributed by atoms with Crippen LogP contribution in [0.1, 0.15) is 28.8 Å². The van der Waals surface area contributed by atoms with E-state index in [1.807, 2.05) is 18.2 Å². The number of ether oxygens (including phenoxy) is 1. The molecule has 3 aromatic rings. The van der Waals surface area contributed by atoms with Crippen LogP contribution in [0.15, 0.2) is 64.4 Å². The first-order valence-electron chi connectivity index (χ1n) is 12.4. The maximum atomic E-state index is 13.4. The Kier molecular flexibility index (Phi) is 6.96. The largest absolute Gasteiger partial charge is 0.379 e. The van der Waals surface area contributed by atoms with Crippen molar-refractivity contribution in [2.45, 2.75) is 24.2 Å². The highest BCUT2D eigenvalue weighted by atomic mass is 32.2. The Labute approximate surface area is 211 Å². The van der Waals surface area contributed by atoms with E-state index in [1.54, 1.807) is 28.8 Å². The van der Waals surface area contributed by atoms with Crippen molar-refractivity contribution in [1.29, 1.82) is 0 Å². The first-order chi connectivity index (χ1) is 17.3. The minimum absolute atomic E-state index is 0.0559. The summed E-state index contributed by atoms with van der Waals surface area (Å²) in [5, 5.41) is 0.233. The van der Waals surface area contributed by atoms with Crippen molar-refractivity contribution in [3.8, 4) is 0 Å². The molecule has 5 rings (SSSR count). The maximum absolute atomic E-state index is 13.4. The summed E-state index contributed by atoms with van der Waals surface area (Å²) in [6.07, 6.45) is 4.33. The molecule has 2 aliphatic heterocycles. The number of morpholine rings is 1. The van der Waals surface area contributed by atoms with Gasteiger partial charge in [0.05, 0.1) is 23.6 Å². The van der Waals surface area contributed by atoms with Gasteiger partial charge in [-0.15, -0.1) is 0 Å². The molecule has 1 amide bonds. The number of benzene rings is 2. The molecule has 0 atom stereocenters. The van der Waals surface area contributed by atoms with Gasteiger partial charge in [-0.05, 0) is 48.9 Å². The van der Waals surface area contributed by atoms with Gasteiger partial charge in [-0.1, -0.05) is 30.3 Å². The van der Waals surface area contributed by atoms with Crippen LogP contribution < -0.4 is 5.43 Å². The van der Waals surface area contributed by atoms with Crippen LogP contribution in [0.2, 0.25) is 0 Å². The van der Waals surface area contributed by atoms with Crippen LogP contribution in [0, 0.1) is 5.92 Å². The number of piperidine rings is 1. The van der Waals surface area contributed by atoms with Crippen LogP contribution in [0.5, 0.6) is 0 Å². The van der Waals surface area contributed by atoms with E-state index in [0.717, 1.165) is 19.3 Å². The molecule has 0 unspecified atom stereocenters. The molecule has 36 heavy (non-hydrogen) atoms. The van der Waals surface area contributed by atoms with Crippen LogP contribution in [0.3, 0.4) is 0 Å². The average Bonchev–Trinajstić information content (AvgIpc) is 2.91. The molecule has 2 fully saturated rings. The molecule has 8 nitrogen and oxygen atoms in total. The number of amides is 1. The summed E-state index contributed by atoms with van der Waals surface area (Å²) in [5.41, 5.74) is 1.53. The zero-order valence-corrected chi connectivity index (χ0v) is 21.2. The van der Waals surface area contributed by atoms with E-state index in [9.17, 15) is 18.0 Å². The van der Waals surface area contributed by atoms with Crippen molar-refractivity contribution in [3.05, 3.63) is 76.1 Å². The molecule has 0 bridgehead atoms. The molecule has 0 N–H and O–H groups in total. The van der Waals surface area contributed by atoms with Crippen LogP contribution >= 0.6 is 0 Å². The minimum atomic E-state index is -3.76. The molecule has 190 valence electrons. The third kappa shape index (κ3) is 4.83. The lowest BCUT2D eigenvalue weighted by atomic mass is 9.90. The molecule has 2 aromatic carbocycles. The second-order valence-corrected chi connectivity index (χ2v) is 11.5. The molecule has 0 aliphatic carbocycles. The van der Waals surface area contributed by atoms with Gasteiger partial charge >= 0.3 is 0 Å². The number of aryl methyl sites for hydroxylation is 1. The third-order valence-electron chi connectivity index (χ3n) is 7.27. The van der Waals surface area contributed by atoms with Crippen LogP contribution in [-0.4, -0.2) is 67.5 Å². The van der Waals surface area contributed by atoms with E-state index in [-0.39, 0.29) is 34.8 Å². The zero-order chi connectivity index (χ0) is 25.3. The van der Waals surface area contributed by atoms with E-state index in [4.69, 9.17) is 4.74 Å². The second kappa shape index (κ2) is 10.2. The summed E-state index contributed by atoms with van der Waals surface area (Å²) >= 11 is 0. The molecule has 0 saturated carbocycles. The first-order valence-corrected chi connectivity index (χ1v) is 13.8. The maximum Gasteiger partial charge on any atom is 0.259 e. The molecule has 0 spiro atoms. The standard InChI is InChI=1S/C27H31N3O5S/c1-28-19-24(27(32)29-11-9-21(10-12-29)17-20-5-3-2-4-6-20)26(31)23-18-22(7-8-25(23)28)36(33,34)30-13-15-35-16-14-30/h2-8,18-19,21H,9-17H2,1H3. The van der Waals surface area contributed by atoms with Gasteiger partial charge in [0.2, 0.25) is 15.5 Å². The average molecular weight is 510 g/mol. The van der Waals surface area contributed by atoms with Crippen molar-refractivity contribution >= 4 is 26.8 Å². The highest BCUT2D eigenvalue weighted by Gasteiger charge is 2.29. The monoisotopic (exact) mass is 509 g/mol. The fourth-order valence-electron chi connectivity index (χ4n) is 5.18. The Hall–Kier alpha value is -3.01. The van der Waals surface area contributed by atoms with Gasteiger partial charge in [-0.25, -0.2) is 8.42 Å². The van der Waals surface area contributed by atoms with Gasteiger partial charge in [0.1, 0.15) is 5.56 Å². The summed E-state index contributed by atoms with van der Waals surface area (Å²) in [6.45, 7) is 2.44. The van der Waals surface area contributed by atoms with Crippen molar-refractivity contribution in [1.82, 2.24) is 13.8 Å². The lowest BCUT2D eigenvalue weighted by Gasteiger charge is -2.32. The summed E-state index contributed by atoms with van der Waals surface area (Å²) in [4.78, 5) is 28.6. The Morgan fingerprint density at radius 1 is 1.00 bits per heavy atom. The van der Waals surface area contributed by atoms with Gasteiger partial charge in [0.25, 0.3) is 5.91 Å². The lowest BCUT2D eigenvalue weighted by Crippen LogP contribution is -2.41. The van der Waals surface area contributed by atoms with Crippen LogP contribution in [0.4, 0.5) is 0 Å². The van der Waals surface area contributed by atoms with E-state index < -0.39 is 15.5 Å². The minimum Gasteiger partial charge on any atom is -0.379 e. The topological polar surface area (TPSA) is 88.9 Å². The molecular weight excluding hydrogens is 478 g/mol. The van der Waals surface area contributed by atoms with E-state index >= 15 is 0 Å². The summed E-state index contributed by atoms with van der Waals surface area (Å²) in [6, 6.07) is 14.9. The van der Waals surface area contributed by atoms with E-state index in [2.05, 4.69) is 12.1 Å². The zero-order valence-electron chi connectivity index (χ0n) is 20.4. The molecule has 0 radical (unpaired) electrons. The molecule has 9 heteroatoms. The van der Waals surface area contributed by atoms with Gasteiger partial charge < -0.3 is 14.2 Å². The number of carbonyl (C=O) groups excluding carboxylic acids is 1.